The Morgan fingerprint density at radius 2 is 1.74 bits per heavy atom. The van der Waals surface area contributed by atoms with Crippen molar-refractivity contribution < 1.29 is 14.3 Å². The highest BCUT2D eigenvalue weighted by Gasteiger charge is 2.19. The van der Waals surface area contributed by atoms with Crippen molar-refractivity contribution in [3.05, 3.63) is 83.4 Å². The van der Waals surface area contributed by atoms with Crippen LogP contribution >= 0.6 is 0 Å². The van der Waals surface area contributed by atoms with Crippen molar-refractivity contribution in [3.63, 3.8) is 0 Å². The highest BCUT2D eigenvalue weighted by atomic mass is 16.5. The first-order valence-corrected chi connectivity index (χ1v) is 11.4. The molecule has 1 atom stereocenters. The molecular formula is C27H35NO3. The van der Waals surface area contributed by atoms with Crippen molar-refractivity contribution in [1.29, 1.82) is 0 Å². The van der Waals surface area contributed by atoms with Crippen LogP contribution in [0.2, 0.25) is 0 Å². The predicted octanol–water partition coefficient (Wildman–Crippen LogP) is 5.32. The highest BCUT2D eigenvalue weighted by molar-refractivity contribution is 5.81. The molecule has 4 nitrogen and oxygen atoms in total. The molecule has 1 unspecified atom stereocenters. The van der Waals surface area contributed by atoms with Crippen LogP contribution in [0.4, 0.5) is 0 Å². The Balaban J connectivity index is 1.45. The molecule has 166 valence electrons. The second kappa shape index (κ2) is 12.4. The molecule has 0 saturated carbocycles. The standard InChI is InChI=1S/C27H35NO3/c1-3-30-26(29)11-7-8-23-16-18-28(19-17-23)20-21-31-27(24-9-5-4-6-10-24)25-14-12-22(2)13-15-25/h4-7,9-15,23,27H,3,8,16-21H2,1-2H3/b11-7+. The fourth-order valence-electron chi connectivity index (χ4n) is 4.05. The van der Waals surface area contributed by atoms with E-state index in [9.17, 15) is 4.79 Å². The summed E-state index contributed by atoms with van der Waals surface area (Å²) in [5, 5.41) is 0. The van der Waals surface area contributed by atoms with E-state index in [1.54, 1.807) is 6.08 Å². The minimum atomic E-state index is -0.237. The summed E-state index contributed by atoms with van der Waals surface area (Å²) in [5.41, 5.74) is 3.65. The van der Waals surface area contributed by atoms with Crippen molar-refractivity contribution in [2.45, 2.75) is 39.2 Å². The van der Waals surface area contributed by atoms with Gasteiger partial charge in [-0.15, -0.1) is 0 Å². The fraction of sp³-hybridized carbons (Fsp3) is 0.444. The molecule has 0 spiro atoms. The summed E-state index contributed by atoms with van der Waals surface area (Å²) >= 11 is 0. The number of piperidine rings is 1. The second-order valence-corrected chi connectivity index (χ2v) is 8.25. The van der Waals surface area contributed by atoms with E-state index in [4.69, 9.17) is 9.47 Å². The summed E-state index contributed by atoms with van der Waals surface area (Å²) in [7, 11) is 0. The third kappa shape index (κ3) is 7.64. The van der Waals surface area contributed by atoms with Gasteiger partial charge in [0, 0.05) is 12.6 Å². The van der Waals surface area contributed by atoms with Gasteiger partial charge in [0.2, 0.25) is 0 Å². The van der Waals surface area contributed by atoms with Gasteiger partial charge in [-0.05, 0) is 63.2 Å². The molecule has 0 N–H and O–H groups in total. The summed E-state index contributed by atoms with van der Waals surface area (Å²) in [6.07, 6.45) is 6.77. The van der Waals surface area contributed by atoms with Crippen LogP contribution in [-0.4, -0.2) is 43.7 Å². The summed E-state index contributed by atoms with van der Waals surface area (Å²) in [6, 6.07) is 19.1. The minimum absolute atomic E-state index is 0.0349. The van der Waals surface area contributed by atoms with Crippen LogP contribution in [0.15, 0.2) is 66.7 Å². The molecule has 31 heavy (non-hydrogen) atoms. The largest absolute Gasteiger partial charge is 0.463 e. The van der Waals surface area contributed by atoms with E-state index in [0.29, 0.717) is 19.1 Å². The quantitative estimate of drug-likeness (QED) is 0.384. The SMILES string of the molecule is CCOC(=O)/C=C/CC1CCN(CCOC(c2ccccc2)c2ccc(C)cc2)CC1. The maximum Gasteiger partial charge on any atom is 0.330 e. The molecule has 0 amide bonds. The molecule has 0 radical (unpaired) electrons. The highest BCUT2D eigenvalue weighted by Crippen LogP contribution is 2.27. The summed E-state index contributed by atoms with van der Waals surface area (Å²) < 4.78 is 11.3. The number of hydrogen-bond donors (Lipinski definition) is 0. The van der Waals surface area contributed by atoms with Crippen LogP contribution in [-0.2, 0) is 14.3 Å². The average molecular weight is 422 g/mol. The first-order chi connectivity index (χ1) is 15.2. The third-order valence-electron chi connectivity index (χ3n) is 5.89. The van der Waals surface area contributed by atoms with Gasteiger partial charge in [0.15, 0.2) is 0 Å². The van der Waals surface area contributed by atoms with Crippen LogP contribution in [0.1, 0.15) is 49.0 Å². The van der Waals surface area contributed by atoms with Gasteiger partial charge < -0.3 is 14.4 Å². The van der Waals surface area contributed by atoms with Crippen LogP contribution < -0.4 is 0 Å². The maximum absolute atomic E-state index is 11.4. The lowest BCUT2D eigenvalue weighted by molar-refractivity contribution is -0.137. The lowest BCUT2D eigenvalue weighted by Crippen LogP contribution is -2.36. The zero-order chi connectivity index (χ0) is 21.9. The number of ether oxygens (including phenoxy) is 2. The van der Waals surface area contributed by atoms with Gasteiger partial charge in [0.25, 0.3) is 0 Å². The zero-order valence-electron chi connectivity index (χ0n) is 18.8. The van der Waals surface area contributed by atoms with Crippen LogP contribution in [0.25, 0.3) is 0 Å². The average Bonchev–Trinajstić information content (AvgIpc) is 2.79. The van der Waals surface area contributed by atoms with Crippen LogP contribution in [0, 0.1) is 12.8 Å². The zero-order valence-corrected chi connectivity index (χ0v) is 18.8. The van der Waals surface area contributed by atoms with Crippen molar-refractivity contribution in [3.8, 4) is 0 Å². The number of carbonyl (C=O) groups is 1. The van der Waals surface area contributed by atoms with Crippen molar-refractivity contribution in [1.82, 2.24) is 4.90 Å². The van der Waals surface area contributed by atoms with E-state index in [1.807, 2.05) is 19.1 Å². The van der Waals surface area contributed by atoms with E-state index in [0.717, 1.165) is 38.9 Å². The smallest absolute Gasteiger partial charge is 0.330 e. The van der Waals surface area contributed by atoms with Gasteiger partial charge in [0.05, 0.1) is 13.2 Å². The van der Waals surface area contributed by atoms with Crippen molar-refractivity contribution >= 4 is 5.97 Å². The van der Waals surface area contributed by atoms with Gasteiger partial charge in [-0.1, -0.05) is 66.2 Å². The molecule has 1 fully saturated rings. The minimum Gasteiger partial charge on any atom is -0.463 e. The lowest BCUT2D eigenvalue weighted by Gasteiger charge is -2.32. The Kier molecular flexibility index (Phi) is 9.32. The van der Waals surface area contributed by atoms with E-state index in [2.05, 4.69) is 60.4 Å². The maximum atomic E-state index is 11.4. The molecule has 1 aliphatic heterocycles. The van der Waals surface area contributed by atoms with Crippen molar-refractivity contribution in [2.24, 2.45) is 5.92 Å². The number of carbonyl (C=O) groups excluding carboxylic acids is 1. The Hall–Kier alpha value is -2.43. The lowest BCUT2D eigenvalue weighted by atomic mass is 9.93. The molecule has 2 aromatic rings. The van der Waals surface area contributed by atoms with E-state index < -0.39 is 0 Å². The van der Waals surface area contributed by atoms with Crippen LogP contribution in [0.5, 0.6) is 0 Å². The Bertz CT molecular complexity index is 808. The number of esters is 1. The molecule has 1 saturated heterocycles. The van der Waals surface area contributed by atoms with E-state index >= 15 is 0 Å². The molecule has 0 bridgehead atoms. The molecular weight excluding hydrogens is 386 g/mol. The molecule has 3 rings (SSSR count). The van der Waals surface area contributed by atoms with Gasteiger partial charge in [0.1, 0.15) is 6.10 Å². The second-order valence-electron chi connectivity index (χ2n) is 8.25. The summed E-state index contributed by atoms with van der Waals surface area (Å²) in [5.74, 6) is 0.408. The Labute approximate surface area is 186 Å². The summed E-state index contributed by atoms with van der Waals surface area (Å²) in [6.45, 7) is 8.19. The molecule has 2 aromatic carbocycles. The number of allylic oxidation sites excluding steroid dienone is 1. The third-order valence-corrected chi connectivity index (χ3v) is 5.89. The topological polar surface area (TPSA) is 38.8 Å². The molecule has 0 aromatic heterocycles. The molecule has 4 heteroatoms. The van der Waals surface area contributed by atoms with Gasteiger partial charge in [-0.3, -0.25) is 0 Å². The number of benzene rings is 2. The Morgan fingerprint density at radius 3 is 2.42 bits per heavy atom. The summed E-state index contributed by atoms with van der Waals surface area (Å²) in [4.78, 5) is 13.9. The number of aryl methyl sites for hydroxylation is 1. The molecule has 1 heterocycles. The number of nitrogens with zero attached hydrogens (tertiary/aromatic N) is 1. The number of hydrogen-bond acceptors (Lipinski definition) is 4. The number of rotatable bonds is 10. The van der Waals surface area contributed by atoms with Gasteiger partial charge in [-0.2, -0.15) is 0 Å². The normalized spacial score (nSPS) is 16.5. The Morgan fingerprint density at radius 1 is 1.06 bits per heavy atom. The van der Waals surface area contributed by atoms with E-state index in [1.165, 1.54) is 16.7 Å². The van der Waals surface area contributed by atoms with E-state index in [-0.39, 0.29) is 12.1 Å². The number of likely N-dealkylation sites (tertiary alicyclic amines) is 1. The molecule has 1 aliphatic rings. The van der Waals surface area contributed by atoms with Gasteiger partial charge in [-0.25, -0.2) is 4.79 Å². The van der Waals surface area contributed by atoms with Gasteiger partial charge >= 0.3 is 5.97 Å². The molecule has 0 aliphatic carbocycles. The predicted molar refractivity (Wildman–Crippen MR) is 125 cm³/mol. The first-order valence-electron chi connectivity index (χ1n) is 11.4. The monoisotopic (exact) mass is 421 g/mol. The fourth-order valence-corrected chi connectivity index (χ4v) is 4.05. The van der Waals surface area contributed by atoms with Crippen LogP contribution in [0.3, 0.4) is 0 Å². The van der Waals surface area contributed by atoms with Crippen molar-refractivity contribution in [2.75, 3.05) is 32.8 Å². The first kappa shape index (κ1) is 23.2.